The summed E-state index contributed by atoms with van der Waals surface area (Å²) in [5.41, 5.74) is 0.948. The quantitative estimate of drug-likeness (QED) is 0.583. The van der Waals surface area contributed by atoms with E-state index < -0.39 is 0 Å². The van der Waals surface area contributed by atoms with Crippen molar-refractivity contribution in [2.75, 3.05) is 13.2 Å². The van der Waals surface area contributed by atoms with Crippen molar-refractivity contribution < 1.29 is 14.3 Å². The molecule has 0 amide bonds. The first-order valence-electron chi connectivity index (χ1n) is 6.60. The molecule has 0 aliphatic carbocycles. The predicted octanol–water partition coefficient (Wildman–Crippen LogP) is 2.79. The zero-order chi connectivity index (χ0) is 13.9. The number of carbonyl (C=O) groups excluding carboxylic acids is 1. The van der Waals surface area contributed by atoms with Gasteiger partial charge in [0.1, 0.15) is 6.10 Å². The molecule has 0 saturated heterocycles. The molecule has 0 radical (unpaired) electrons. The first-order valence-corrected chi connectivity index (χ1v) is 6.60. The van der Waals surface area contributed by atoms with Crippen molar-refractivity contribution in [1.29, 1.82) is 0 Å². The highest BCUT2D eigenvalue weighted by molar-refractivity contribution is 5.69. The SMILES string of the molecule is CCOC(=O)CCC(C#Cc1ccccc1)OCC. The average Bonchev–Trinajstić information content (AvgIpc) is 2.43. The van der Waals surface area contributed by atoms with Crippen LogP contribution in [0.25, 0.3) is 0 Å². The standard InChI is InChI=1S/C16H20O3/c1-3-18-15(12-13-16(17)19-4-2)11-10-14-8-6-5-7-9-14/h5-9,15H,3-4,12-13H2,1-2H3. The molecule has 0 spiro atoms. The Hall–Kier alpha value is -1.79. The maximum absolute atomic E-state index is 11.3. The molecule has 0 aliphatic heterocycles. The van der Waals surface area contributed by atoms with Gasteiger partial charge in [0.25, 0.3) is 0 Å². The highest BCUT2D eigenvalue weighted by Crippen LogP contribution is 2.04. The third kappa shape index (κ3) is 6.64. The van der Waals surface area contributed by atoms with E-state index in [2.05, 4.69) is 11.8 Å². The molecule has 19 heavy (non-hydrogen) atoms. The Morgan fingerprint density at radius 1 is 1.21 bits per heavy atom. The topological polar surface area (TPSA) is 35.5 Å². The molecule has 1 aromatic rings. The highest BCUT2D eigenvalue weighted by atomic mass is 16.5. The van der Waals surface area contributed by atoms with Crippen LogP contribution in [0.1, 0.15) is 32.3 Å². The minimum atomic E-state index is -0.227. The van der Waals surface area contributed by atoms with Crippen LogP contribution in [-0.4, -0.2) is 25.3 Å². The van der Waals surface area contributed by atoms with Gasteiger partial charge in [0, 0.05) is 18.6 Å². The van der Waals surface area contributed by atoms with Crippen molar-refractivity contribution in [1.82, 2.24) is 0 Å². The summed E-state index contributed by atoms with van der Waals surface area (Å²) in [6, 6.07) is 9.73. The minimum absolute atomic E-state index is 0.200. The molecule has 0 aromatic heterocycles. The lowest BCUT2D eigenvalue weighted by molar-refractivity contribution is -0.143. The molecular weight excluding hydrogens is 240 g/mol. The van der Waals surface area contributed by atoms with Crippen molar-refractivity contribution in [2.45, 2.75) is 32.8 Å². The van der Waals surface area contributed by atoms with E-state index in [-0.39, 0.29) is 12.1 Å². The molecule has 0 aliphatic rings. The Labute approximate surface area is 114 Å². The smallest absolute Gasteiger partial charge is 0.305 e. The Morgan fingerprint density at radius 2 is 1.95 bits per heavy atom. The second-order valence-corrected chi connectivity index (χ2v) is 3.92. The molecule has 0 fully saturated rings. The van der Waals surface area contributed by atoms with E-state index in [1.54, 1.807) is 6.92 Å². The lowest BCUT2D eigenvalue weighted by atomic mass is 10.1. The van der Waals surface area contributed by atoms with E-state index in [1.165, 1.54) is 0 Å². The molecule has 3 nitrogen and oxygen atoms in total. The number of carbonyl (C=O) groups is 1. The van der Waals surface area contributed by atoms with Crippen LogP contribution in [0.2, 0.25) is 0 Å². The van der Waals surface area contributed by atoms with E-state index in [1.807, 2.05) is 37.3 Å². The first kappa shape index (κ1) is 15.3. The number of benzene rings is 1. The lowest BCUT2D eigenvalue weighted by Gasteiger charge is -2.10. The number of rotatable bonds is 6. The molecule has 1 atom stereocenters. The molecule has 0 heterocycles. The van der Waals surface area contributed by atoms with Crippen LogP contribution >= 0.6 is 0 Å². The van der Waals surface area contributed by atoms with Gasteiger partial charge in [-0.15, -0.1) is 0 Å². The third-order valence-corrected chi connectivity index (χ3v) is 2.44. The second-order valence-electron chi connectivity index (χ2n) is 3.92. The molecule has 102 valence electrons. The summed E-state index contributed by atoms with van der Waals surface area (Å²) >= 11 is 0. The fourth-order valence-electron chi connectivity index (χ4n) is 1.57. The Bertz CT molecular complexity index is 428. The summed E-state index contributed by atoms with van der Waals surface area (Å²) in [6.07, 6.45) is 0.670. The van der Waals surface area contributed by atoms with Crippen LogP contribution in [0.3, 0.4) is 0 Å². The van der Waals surface area contributed by atoms with Crippen LogP contribution in [0.4, 0.5) is 0 Å². The monoisotopic (exact) mass is 260 g/mol. The van der Waals surface area contributed by atoms with Crippen molar-refractivity contribution >= 4 is 5.97 Å². The number of hydrogen-bond acceptors (Lipinski definition) is 3. The second kappa shape index (κ2) is 9.18. The van der Waals surface area contributed by atoms with Crippen molar-refractivity contribution in [3.05, 3.63) is 35.9 Å². The van der Waals surface area contributed by atoms with E-state index >= 15 is 0 Å². The van der Waals surface area contributed by atoms with Crippen LogP contribution in [0.15, 0.2) is 30.3 Å². The van der Waals surface area contributed by atoms with Crippen LogP contribution in [0.5, 0.6) is 0 Å². The van der Waals surface area contributed by atoms with Gasteiger partial charge in [-0.3, -0.25) is 4.79 Å². The van der Waals surface area contributed by atoms with Gasteiger partial charge < -0.3 is 9.47 Å². The van der Waals surface area contributed by atoms with E-state index in [0.717, 1.165) is 5.56 Å². The van der Waals surface area contributed by atoms with Gasteiger partial charge in [-0.25, -0.2) is 0 Å². The molecule has 1 aromatic carbocycles. The number of esters is 1. The molecule has 3 heteroatoms. The molecular formula is C16H20O3. The summed E-state index contributed by atoms with van der Waals surface area (Å²) in [6.45, 7) is 4.71. The predicted molar refractivity (Wildman–Crippen MR) is 74.6 cm³/mol. The zero-order valence-electron chi connectivity index (χ0n) is 11.5. The highest BCUT2D eigenvalue weighted by Gasteiger charge is 2.09. The van der Waals surface area contributed by atoms with Crippen molar-refractivity contribution in [3.8, 4) is 11.8 Å². The van der Waals surface area contributed by atoms with Gasteiger partial charge in [-0.2, -0.15) is 0 Å². The summed E-state index contributed by atoms with van der Waals surface area (Å²) in [7, 11) is 0. The minimum Gasteiger partial charge on any atom is -0.466 e. The molecule has 1 unspecified atom stereocenters. The maximum Gasteiger partial charge on any atom is 0.305 e. The van der Waals surface area contributed by atoms with Crippen LogP contribution in [0, 0.1) is 11.8 Å². The Balaban J connectivity index is 2.53. The van der Waals surface area contributed by atoms with E-state index in [0.29, 0.717) is 26.1 Å². The summed E-state index contributed by atoms with van der Waals surface area (Å²) in [5.74, 6) is 5.91. The van der Waals surface area contributed by atoms with Crippen molar-refractivity contribution in [3.63, 3.8) is 0 Å². The summed E-state index contributed by atoms with van der Waals surface area (Å²) in [4.78, 5) is 11.3. The number of ether oxygens (including phenoxy) is 2. The lowest BCUT2D eigenvalue weighted by Crippen LogP contribution is -2.14. The third-order valence-electron chi connectivity index (χ3n) is 2.44. The Kier molecular flexibility index (Phi) is 7.38. The molecule has 1 rings (SSSR count). The van der Waals surface area contributed by atoms with Crippen LogP contribution < -0.4 is 0 Å². The zero-order valence-corrected chi connectivity index (χ0v) is 11.5. The molecule has 0 bridgehead atoms. The fraction of sp³-hybridized carbons (Fsp3) is 0.438. The van der Waals surface area contributed by atoms with Gasteiger partial charge in [0.05, 0.1) is 6.61 Å². The Morgan fingerprint density at radius 3 is 2.58 bits per heavy atom. The van der Waals surface area contributed by atoms with Gasteiger partial charge in [0.15, 0.2) is 0 Å². The van der Waals surface area contributed by atoms with Gasteiger partial charge in [-0.1, -0.05) is 30.0 Å². The summed E-state index contributed by atoms with van der Waals surface area (Å²) in [5, 5.41) is 0. The van der Waals surface area contributed by atoms with E-state index in [9.17, 15) is 4.79 Å². The number of hydrogen-bond donors (Lipinski definition) is 0. The largest absolute Gasteiger partial charge is 0.466 e. The molecule has 0 saturated carbocycles. The van der Waals surface area contributed by atoms with Gasteiger partial charge in [-0.05, 0) is 32.4 Å². The first-order chi connectivity index (χ1) is 9.26. The van der Waals surface area contributed by atoms with E-state index in [4.69, 9.17) is 9.47 Å². The van der Waals surface area contributed by atoms with Gasteiger partial charge in [0.2, 0.25) is 0 Å². The maximum atomic E-state index is 11.3. The van der Waals surface area contributed by atoms with Crippen molar-refractivity contribution in [2.24, 2.45) is 0 Å². The van der Waals surface area contributed by atoms with Gasteiger partial charge >= 0.3 is 5.97 Å². The fourth-order valence-corrected chi connectivity index (χ4v) is 1.57. The average molecular weight is 260 g/mol. The normalized spacial score (nSPS) is 11.3. The molecule has 0 N–H and O–H groups in total. The summed E-state index contributed by atoms with van der Waals surface area (Å²) < 4.78 is 10.4. The van der Waals surface area contributed by atoms with Crippen LogP contribution in [-0.2, 0) is 14.3 Å².